The lowest BCUT2D eigenvalue weighted by Crippen LogP contribution is -2.60. The van der Waals surface area contributed by atoms with Crippen LogP contribution in [0.2, 0.25) is 0 Å². The fourth-order valence-corrected chi connectivity index (χ4v) is 4.38. The van der Waals surface area contributed by atoms with Gasteiger partial charge in [-0.05, 0) is 48.6 Å². The first-order valence-corrected chi connectivity index (χ1v) is 12.0. The van der Waals surface area contributed by atoms with E-state index in [9.17, 15) is 35.7 Å². The molecule has 11 heteroatoms. The Morgan fingerprint density at radius 3 is 2.22 bits per heavy atom. The normalized spacial score (nSPS) is 24.5. The molecular formula is C26H36O11. The molecule has 37 heavy (non-hydrogen) atoms. The lowest BCUT2D eigenvalue weighted by Gasteiger charge is -2.40. The van der Waals surface area contributed by atoms with Gasteiger partial charge in [0.15, 0.2) is 23.0 Å². The third-order valence-corrected chi connectivity index (χ3v) is 6.46. The van der Waals surface area contributed by atoms with E-state index in [4.69, 9.17) is 18.9 Å². The van der Waals surface area contributed by atoms with Crippen molar-refractivity contribution >= 4 is 0 Å². The second-order valence-electron chi connectivity index (χ2n) is 8.95. The quantitative estimate of drug-likeness (QED) is 0.196. The Labute approximate surface area is 215 Å². The number of aliphatic hydroxyl groups is 6. The van der Waals surface area contributed by atoms with E-state index in [0.717, 1.165) is 11.1 Å². The van der Waals surface area contributed by atoms with Crippen molar-refractivity contribution < 1.29 is 54.7 Å². The summed E-state index contributed by atoms with van der Waals surface area (Å²) in [5, 5.41) is 70.0. The van der Waals surface area contributed by atoms with Gasteiger partial charge in [0.25, 0.3) is 0 Å². The second kappa shape index (κ2) is 13.2. The highest BCUT2D eigenvalue weighted by atomic mass is 16.7. The maximum absolute atomic E-state index is 10.5. The lowest BCUT2D eigenvalue weighted by molar-refractivity contribution is -0.277. The third kappa shape index (κ3) is 6.63. The Morgan fingerprint density at radius 1 is 0.892 bits per heavy atom. The smallest absolute Gasteiger partial charge is 0.229 e. The maximum atomic E-state index is 10.5. The number of aromatic hydroxyl groups is 1. The number of hydrogen-bond donors (Lipinski definition) is 7. The van der Waals surface area contributed by atoms with Gasteiger partial charge in [0.1, 0.15) is 24.4 Å². The minimum Gasteiger partial charge on any atom is -0.504 e. The van der Waals surface area contributed by atoms with E-state index in [1.54, 1.807) is 24.3 Å². The van der Waals surface area contributed by atoms with Gasteiger partial charge in [0.05, 0.1) is 27.4 Å². The van der Waals surface area contributed by atoms with Crippen molar-refractivity contribution in [3.05, 3.63) is 47.0 Å². The first-order chi connectivity index (χ1) is 17.8. The molecule has 1 fully saturated rings. The van der Waals surface area contributed by atoms with Crippen LogP contribution in [0, 0.1) is 0 Å². The van der Waals surface area contributed by atoms with Crippen LogP contribution < -0.4 is 14.2 Å². The molecule has 1 heterocycles. The van der Waals surface area contributed by atoms with Crippen LogP contribution in [0.3, 0.4) is 0 Å². The molecule has 0 amide bonds. The predicted octanol–water partition coefficient (Wildman–Crippen LogP) is -0.168. The highest BCUT2D eigenvalue weighted by molar-refractivity contribution is 5.52. The fraction of sp³-hybridized carbons (Fsp3) is 0.538. The van der Waals surface area contributed by atoms with Gasteiger partial charge in [-0.3, -0.25) is 0 Å². The number of aryl methyl sites for hydroxylation is 1. The number of benzene rings is 2. The van der Waals surface area contributed by atoms with E-state index in [2.05, 4.69) is 0 Å². The Bertz CT molecular complexity index is 1010. The average molecular weight is 525 g/mol. The zero-order valence-electron chi connectivity index (χ0n) is 20.9. The molecule has 7 N–H and O–H groups in total. The van der Waals surface area contributed by atoms with Crippen molar-refractivity contribution in [3.8, 4) is 23.0 Å². The van der Waals surface area contributed by atoms with Gasteiger partial charge in [-0.25, -0.2) is 0 Å². The fourth-order valence-electron chi connectivity index (χ4n) is 4.38. The molecule has 0 saturated carbocycles. The van der Waals surface area contributed by atoms with Gasteiger partial charge in [-0.1, -0.05) is 12.1 Å². The highest BCUT2D eigenvalue weighted by Crippen LogP contribution is 2.41. The zero-order chi connectivity index (χ0) is 27.1. The molecule has 0 radical (unpaired) electrons. The first-order valence-electron chi connectivity index (χ1n) is 12.0. The number of methoxy groups -OCH3 is 2. The van der Waals surface area contributed by atoms with Crippen molar-refractivity contribution in [2.24, 2.45) is 0 Å². The number of rotatable bonds is 12. The van der Waals surface area contributed by atoms with Gasteiger partial charge in [-0.2, -0.15) is 0 Å². The summed E-state index contributed by atoms with van der Waals surface area (Å²) >= 11 is 0. The number of ether oxygens (including phenoxy) is 4. The molecule has 6 atom stereocenters. The molecule has 1 aliphatic rings. The van der Waals surface area contributed by atoms with Crippen molar-refractivity contribution in [3.63, 3.8) is 0 Å². The van der Waals surface area contributed by atoms with Gasteiger partial charge in [-0.15, -0.1) is 0 Å². The van der Waals surface area contributed by atoms with Gasteiger partial charge in [0.2, 0.25) is 6.29 Å². The molecule has 11 nitrogen and oxygen atoms in total. The standard InChI is InChI=1S/C26H36O11/c1-34-19-10-15(5-6-18(19)30)8-16(12-28)17-9-14(4-3-7-27)11-20(35-2)25(17)37-26-24(33)23(32)22(31)21(13-29)36-26/h5-6,9-11,16,21-24,26-33H,3-4,7-8,12-13H2,1-2H3/t16-,21-,22-,23+,24-,26-/m1/s1. The summed E-state index contributed by atoms with van der Waals surface area (Å²) in [7, 11) is 2.86. The summed E-state index contributed by atoms with van der Waals surface area (Å²) in [5.74, 6) is 0.123. The van der Waals surface area contributed by atoms with Gasteiger partial charge < -0.3 is 54.7 Å². The van der Waals surface area contributed by atoms with Gasteiger partial charge in [0, 0.05) is 18.1 Å². The summed E-state index contributed by atoms with van der Waals surface area (Å²) in [5.41, 5.74) is 2.08. The van der Waals surface area contributed by atoms with E-state index in [0.29, 0.717) is 24.8 Å². The molecule has 2 aromatic carbocycles. The van der Waals surface area contributed by atoms with Crippen molar-refractivity contribution in [2.45, 2.75) is 55.9 Å². The highest BCUT2D eigenvalue weighted by Gasteiger charge is 2.45. The van der Waals surface area contributed by atoms with Crippen LogP contribution in [0.25, 0.3) is 0 Å². The van der Waals surface area contributed by atoms with Crippen LogP contribution >= 0.6 is 0 Å². The predicted molar refractivity (Wildman–Crippen MR) is 131 cm³/mol. The molecule has 0 aromatic heterocycles. The van der Waals surface area contributed by atoms with Crippen LogP contribution in [0.4, 0.5) is 0 Å². The third-order valence-electron chi connectivity index (χ3n) is 6.46. The first kappa shape index (κ1) is 28.9. The maximum Gasteiger partial charge on any atom is 0.229 e. The Balaban J connectivity index is 2.04. The lowest BCUT2D eigenvalue weighted by atomic mass is 9.89. The number of phenolic OH excluding ortho intramolecular Hbond substituents is 1. The minimum absolute atomic E-state index is 0.0164. The van der Waals surface area contributed by atoms with Crippen LogP contribution in [0.5, 0.6) is 23.0 Å². The molecule has 0 bridgehead atoms. The Hall–Kier alpha value is -2.64. The Morgan fingerprint density at radius 2 is 1.59 bits per heavy atom. The van der Waals surface area contributed by atoms with E-state index in [-0.39, 0.29) is 36.2 Å². The molecule has 0 spiro atoms. The van der Waals surface area contributed by atoms with E-state index in [1.165, 1.54) is 20.3 Å². The number of hydrogen-bond acceptors (Lipinski definition) is 11. The van der Waals surface area contributed by atoms with Crippen LogP contribution in [-0.4, -0.2) is 100 Å². The van der Waals surface area contributed by atoms with Crippen molar-refractivity contribution in [1.29, 1.82) is 0 Å². The van der Waals surface area contributed by atoms with Crippen molar-refractivity contribution in [1.82, 2.24) is 0 Å². The van der Waals surface area contributed by atoms with Gasteiger partial charge >= 0.3 is 0 Å². The largest absolute Gasteiger partial charge is 0.504 e. The summed E-state index contributed by atoms with van der Waals surface area (Å²) in [6.07, 6.45) is -6.12. The minimum atomic E-state index is -1.64. The molecule has 2 aromatic rings. The summed E-state index contributed by atoms with van der Waals surface area (Å²) in [6.45, 7) is -0.935. The Kier molecular flexibility index (Phi) is 10.4. The van der Waals surface area contributed by atoms with E-state index < -0.39 is 43.2 Å². The summed E-state index contributed by atoms with van der Waals surface area (Å²) < 4.78 is 22.3. The van der Waals surface area contributed by atoms with Crippen LogP contribution in [0.15, 0.2) is 30.3 Å². The second-order valence-corrected chi connectivity index (χ2v) is 8.95. The monoisotopic (exact) mass is 524 g/mol. The number of phenols is 1. The van der Waals surface area contributed by atoms with E-state index in [1.807, 2.05) is 0 Å². The molecule has 0 aliphatic carbocycles. The molecular weight excluding hydrogens is 488 g/mol. The molecule has 1 saturated heterocycles. The molecule has 3 rings (SSSR count). The molecule has 1 aliphatic heterocycles. The molecule has 0 unspecified atom stereocenters. The molecule has 206 valence electrons. The average Bonchev–Trinajstić information content (AvgIpc) is 2.91. The van der Waals surface area contributed by atoms with E-state index >= 15 is 0 Å². The SMILES string of the molecule is COc1cc(C[C@H](CO)c2cc(CCCO)cc(OC)c2O[C@H]2O[C@H](CO)[C@@H](O)[C@H](O)[C@H]2O)ccc1O. The number of aliphatic hydroxyl groups excluding tert-OH is 6. The zero-order valence-corrected chi connectivity index (χ0v) is 20.9. The topological polar surface area (TPSA) is 179 Å². The van der Waals surface area contributed by atoms with Crippen LogP contribution in [0.1, 0.15) is 29.0 Å². The summed E-state index contributed by atoms with van der Waals surface area (Å²) in [6, 6.07) is 8.35. The summed E-state index contributed by atoms with van der Waals surface area (Å²) in [4.78, 5) is 0. The van der Waals surface area contributed by atoms with Crippen molar-refractivity contribution in [2.75, 3.05) is 34.0 Å². The van der Waals surface area contributed by atoms with Crippen LogP contribution in [-0.2, 0) is 17.6 Å².